The van der Waals surface area contributed by atoms with Gasteiger partial charge in [0, 0.05) is 18.6 Å². The molecule has 2 nitrogen and oxygen atoms in total. The van der Waals surface area contributed by atoms with Gasteiger partial charge in [-0.15, -0.1) is 0 Å². The zero-order valence-corrected chi connectivity index (χ0v) is 9.76. The van der Waals surface area contributed by atoms with Crippen LogP contribution in [-0.2, 0) is 0 Å². The predicted octanol–water partition coefficient (Wildman–Crippen LogP) is 2.53. The van der Waals surface area contributed by atoms with Gasteiger partial charge in [-0.25, -0.2) is 0 Å². The fraction of sp³-hybridized carbons (Fsp3) is 1.00. The summed E-state index contributed by atoms with van der Waals surface area (Å²) < 4.78 is 36.3. The van der Waals surface area contributed by atoms with E-state index in [0.29, 0.717) is 0 Å². The van der Waals surface area contributed by atoms with Crippen LogP contribution in [0.15, 0.2) is 0 Å². The monoisotopic (exact) mass is 238 g/mol. The van der Waals surface area contributed by atoms with Crippen molar-refractivity contribution in [3.63, 3.8) is 0 Å². The van der Waals surface area contributed by atoms with Gasteiger partial charge in [0.2, 0.25) is 0 Å². The summed E-state index contributed by atoms with van der Waals surface area (Å²) in [6, 6.07) is 0.144. The minimum Gasteiger partial charge on any atom is -0.326 e. The molecule has 0 spiro atoms. The Morgan fingerprint density at radius 3 is 2.44 bits per heavy atom. The average molecular weight is 238 g/mol. The molecule has 0 aromatic rings. The fourth-order valence-electron chi connectivity index (χ4n) is 2.33. The number of hydrogen-bond donors (Lipinski definition) is 1. The molecule has 5 heteroatoms. The van der Waals surface area contributed by atoms with E-state index in [1.54, 1.807) is 11.9 Å². The van der Waals surface area contributed by atoms with E-state index in [1.165, 1.54) is 0 Å². The summed E-state index contributed by atoms with van der Waals surface area (Å²) in [6.07, 6.45) is 0.378. The highest BCUT2D eigenvalue weighted by Crippen LogP contribution is 2.23. The Kier molecular flexibility index (Phi) is 5.05. The van der Waals surface area contributed by atoms with E-state index >= 15 is 0 Å². The quantitative estimate of drug-likeness (QED) is 0.765. The van der Waals surface area contributed by atoms with Crippen LogP contribution in [0.2, 0.25) is 0 Å². The third kappa shape index (κ3) is 4.70. The van der Waals surface area contributed by atoms with Crippen LogP contribution in [0, 0.1) is 0 Å². The Balaban J connectivity index is 2.41. The maximum absolute atomic E-state index is 12.1. The van der Waals surface area contributed by atoms with Crippen LogP contribution in [0.1, 0.15) is 38.5 Å². The SMILES string of the molecule is CN(CCC(F)(F)F)C1CCCCCC1N. The van der Waals surface area contributed by atoms with Gasteiger partial charge < -0.3 is 10.6 Å². The Morgan fingerprint density at radius 1 is 1.19 bits per heavy atom. The van der Waals surface area contributed by atoms with E-state index in [9.17, 15) is 13.2 Å². The molecule has 0 heterocycles. The number of halogens is 3. The van der Waals surface area contributed by atoms with Crippen molar-refractivity contribution in [1.29, 1.82) is 0 Å². The van der Waals surface area contributed by atoms with Crippen LogP contribution in [0.4, 0.5) is 13.2 Å². The number of nitrogens with zero attached hydrogens (tertiary/aromatic N) is 1. The van der Waals surface area contributed by atoms with E-state index in [2.05, 4.69) is 0 Å². The van der Waals surface area contributed by atoms with Gasteiger partial charge in [0.15, 0.2) is 0 Å². The Bertz CT molecular complexity index is 206. The minimum absolute atomic E-state index is 0.0285. The summed E-state index contributed by atoms with van der Waals surface area (Å²) >= 11 is 0. The molecular weight excluding hydrogens is 217 g/mol. The van der Waals surface area contributed by atoms with Crippen LogP contribution >= 0.6 is 0 Å². The second-order valence-corrected chi connectivity index (χ2v) is 4.71. The lowest BCUT2D eigenvalue weighted by Gasteiger charge is -2.31. The molecule has 2 atom stereocenters. The zero-order chi connectivity index (χ0) is 12.2. The lowest BCUT2D eigenvalue weighted by Crippen LogP contribution is -2.46. The van der Waals surface area contributed by atoms with Gasteiger partial charge in [-0.3, -0.25) is 0 Å². The molecular formula is C11H21F3N2. The number of nitrogens with two attached hydrogens (primary N) is 1. The topological polar surface area (TPSA) is 29.3 Å². The molecule has 96 valence electrons. The van der Waals surface area contributed by atoms with Gasteiger partial charge >= 0.3 is 6.18 Å². The van der Waals surface area contributed by atoms with E-state index < -0.39 is 12.6 Å². The summed E-state index contributed by atoms with van der Waals surface area (Å²) in [5, 5.41) is 0. The molecule has 1 fully saturated rings. The zero-order valence-electron chi connectivity index (χ0n) is 9.76. The predicted molar refractivity (Wildman–Crippen MR) is 58.2 cm³/mol. The van der Waals surface area contributed by atoms with E-state index in [0.717, 1.165) is 32.1 Å². The second-order valence-electron chi connectivity index (χ2n) is 4.71. The van der Waals surface area contributed by atoms with Crippen molar-refractivity contribution < 1.29 is 13.2 Å². The van der Waals surface area contributed by atoms with Gasteiger partial charge in [-0.05, 0) is 19.9 Å². The first-order valence-electron chi connectivity index (χ1n) is 5.93. The summed E-state index contributed by atoms with van der Waals surface area (Å²) in [4.78, 5) is 1.78. The Labute approximate surface area is 95.0 Å². The van der Waals surface area contributed by atoms with Crippen molar-refractivity contribution in [3.05, 3.63) is 0 Å². The van der Waals surface area contributed by atoms with Crippen molar-refractivity contribution >= 4 is 0 Å². The fourth-order valence-corrected chi connectivity index (χ4v) is 2.33. The molecule has 0 aliphatic heterocycles. The third-order valence-electron chi connectivity index (χ3n) is 3.35. The number of likely N-dealkylation sites (N-methyl/N-ethyl adjacent to an activating group) is 1. The molecule has 0 aromatic heterocycles. The summed E-state index contributed by atoms with van der Waals surface area (Å²) in [6.45, 7) is 0.0574. The molecule has 1 saturated carbocycles. The molecule has 2 unspecified atom stereocenters. The summed E-state index contributed by atoms with van der Waals surface area (Å²) in [5.41, 5.74) is 6.00. The summed E-state index contributed by atoms with van der Waals surface area (Å²) in [7, 11) is 1.75. The Hall–Kier alpha value is -0.290. The van der Waals surface area contributed by atoms with Crippen LogP contribution in [0.3, 0.4) is 0 Å². The third-order valence-corrected chi connectivity index (χ3v) is 3.35. The summed E-state index contributed by atoms with van der Waals surface area (Å²) in [5.74, 6) is 0. The first kappa shape index (κ1) is 13.8. The van der Waals surface area contributed by atoms with Gasteiger partial charge in [0.1, 0.15) is 0 Å². The van der Waals surface area contributed by atoms with Crippen molar-refractivity contribution in [2.24, 2.45) is 5.73 Å². The molecule has 1 rings (SSSR count). The largest absolute Gasteiger partial charge is 0.390 e. The van der Waals surface area contributed by atoms with Gasteiger partial charge in [0.05, 0.1) is 6.42 Å². The molecule has 0 aromatic carbocycles. The van der Waals surface area contributed by atoms with Crippen molar-refractivity contribution in [1.82, 2.24) is 4.90 Å². The molecule has 0 amide bonds. The maximum atomic E-state index is 12.1. The Morgan fingerprint density at radius 2 is 1.81 bits per heavy atom. The molecule has 0 bridgehead atoms. The van der Waals surface area contributed by atoms with Crippen LogP contribution in [0.25, 0.3) is 0 Å². The van der Waals surface area contributed by atoms with Crippen molar-refractivity contribution in [2.45, 2.75) is 56.8 Å². The highest BCUT2D eigenvalue weighted by atomic mass is 19.4. The molecule has 16 heavy (non-hydrogen) atoms. The van der Waals surface area contributed by atoms with Crippen LogP contribution in [0.5, 0.6) is 0 Å². The highest BCUT2D eigenvalue weighted by Gasteiger charge is 2.30. The van der Waals surface area contributed by atoms with Crippen LogP contribution in [-0.4, -0.2) is 36.8 Å². The highest BCUT2D eigenvalue weighted by molar-refractivity contribution is 4.83. The smallest absolute Gasteiger partial charge is 0.326 e. The molecule has 2 N–H and O–H groups in total. The second kappa shape index (κ2) is 5.87. The van der Waals surface area contributed by atoms with Gasteiger partial charge in [0.25, 0.3) is 0 Å². The van der Waals surface area contributed by atoms with Crippen molar-refractivity contribution in [3.8, 4) is 0 Å². The minimum atomic E-state index is -4.07. The molecule has 0 saturated heterocycles. The van der Waals surface area contributed by atoms with Gasteiger partial charge in [-0.1, -0.05) is 19.3 Å². The van der Waals surface area contributed by atoms with Crippen molar-refractivity contribution in [2.75, 3.05) is 13.6 Å². The lowest BCUT2D eigenvalue weighted by molar-refractivity contribution is -0.138. The first-order valence-corrected chi connectivity index (χ1v) is 5.93. The van der Waals surface area contributed by atoms with E-state index in [4.69, 9.17) is 5.73 Å². The normalized spacial score (nSPS) is 28.1. The number of hydrogen-bond acceptors (Lipinski definition) is 2. The number of rotatable bonds is 3. The van der Waals surface area contributed by atoms with E-state index in [1.807, 2.05) is 0 Å². The maximum Gasteiger partial charge on any atom is 0.390 e. The van der Waals surface area contributed by atoms with E-state index in [-0.39, 0.29) is 18.6 Å². The first-order chi connectivity index (χ1) is 7.40. The lowest BCUT2D eigenvalue weighted by atomic mass is 10.0. The average Bonchev–Trinajstić information content (AvgIpc) is 2.38. The molecule has 1 aliphatic carbocycles. The molecule has 0 radical (unpaired) electrons. The van der Waals surface area contributed by atoms with Gasteiger partial charge in [-0.2, -0.15) is 13.2 Å². The standard InChI is InChI=1S/C11H21F3N2/c1-16(8-7-11(12,13)14)10-6-4-2-3-5-9(10)15/h9-10H,2-8,15H2,1H3. The molecule has 1 aliphatic rings. The number of alkyl halides is 3. The van der Waals surface area contributed by atoms with Crippen LogP contribution < -0.4 is 5.73 Å².